The highest BCUT2D eigenvalue weighted by molar-refractivity contribution is 4.92. The fourth-order valence-electron chi connectivity index (χ4n) is 3.21. The Balaban J connectivity index is 2.06. The van der Waals surface area contributed by atoms with Crippen molar-refractivity contribution in [1.82, 2.24) is 4.90 Å². The molecule has 0 radical (unpaired) electrons. The van der Waals surface area contributed by atoms with Gasteiger partial charge in [-0.05, 0) is 39.0 Å². The van der Waals surface area contributed by atoms with Gasteiger partial charge in [0.2, 0.25) is 0 Å². The molecule has 3 atom stereocenters. The van der Waals surface area contributed by atoms with Crippen LogP contribution in [-0.2, 0) is 0 Å². The third kappa shape index (κ3) is 1.28. The van der Waals surface area contributed by atoms with Crippen molar-refractivity contribution >= 4 is 0 Å². The van der Waals surface area contributed by atoms with Gasteiger partial charge in [0.1, 0.15) is 0 Å². The summed E-state index contributed by atoms with van der Waals surface area (Å²) in [6.07, 6.45) is 8.68. The van der Waals surface area contributed by atoms with Crippen LogP contribution in [0.3, 0.4) is 0 Å². The second-order valence-electron chi connectivity index (χ2n) is 4.52. The van der Waals surface area contributed by atoms with Gasteiger partial charge in [-0.3, -0.25) is 4.90 Å². The lowest BCUT2D eigenvalue weighted by atomic mass is 9.97. The van der Waals surface area contributed by atoms with Crippen LogP contribution in [-0.4, -0.2) is 23.0 Å². The molecule has 2 aliphatic heterocycles. The summed E-state index contributed by atoms with van der Waals surface area (Å²) in [4.78, 5) is 2.81. The zero-order valence-electron chi connectivity index (χ0n) is 8.42. The van der Waals surface area contributed by atoms with Crippen molar-refractivity contribution in [2.75, 3.05) is 0 Å². The molecule has 0 saturated carbocycles. The molecule has 1 heteroatoms. The first-order valence-corrected chi connectivity index (χ1v) is 5.60. The standard InChI is InChI=1S/C11H21N/c1-3-10-7-8-11-6-4-5-9(2)12(10)11/h9-11H,3-8H2,1-2H3/t9-,10+,11-/m1/s1. The maximum Gasteiger partial charge on any atom is 0.0102 e. The predicted octanol–water partition coefficient (Wildman–Crippen LogP) is 2.80. The summed E-state index contributed by atoms with van der Waals surface area (Å²) in [7, 11) is 0. The van der Waals surface area contributed by atoms with E-state index < -0.39 is 0 Å². The van der Waals surface area contributed by atoms with Gasteiger partial charge in [-0.25, -0.2) is 0 Å². The minimum absolute atomic E-state index is 0.871. The summed E-state index contributed by atoms with van der Waals surface area (Å²) in [5.41, 5.74) is 0. The quantitative estimate of drug-likeness (QED) is 0.580. The highest BCUT2D eigenvalue weighted by atomic mass is 15.2. The van der Waals surface area contributed by atoms with Gasteiger partial charge >= 0.3 is 0 Å². The number of hydrogen-bond acceptors (Lipinski definition) is 1. The van der Waals surface area contributed by atoms with Gasteiger partial charge in [0, 0.05) is 18.1 Å². The molecule has 0 bridgehead atoms. The summed E-state index contributed by atoms with van der Waals surface area (Å²) >= 11 is 0. The molecular weight excluding hydrogens is 146 g/mol. The molecule has 1 nitrogen and oxygen atoms in total. The molecule has 0 aromatic rings. The number of hydrogen-bond donors (Lipinski definition) is 0. The second-order valence-corrected chi connectivity index (χ2v) is 4.52. The molecule has 0 aromatic carbocycles. The summed E-state index contributed by atoms with van der Waals surface area (Å²) in [6.45, 7) is 4.76. The van der Waals surface area contributed by atoms with E-state index in [1.165, 1.54) is 38.5 Å². The van der Waals surface area contributed by atoms with Crippen LogP contribution in [0.4, 0.5) is 0 Å². The average Bonchev–Trinajstić information content (AvgIpc) is 2.49. The Kier molecular flexibility index (Phi) is 2.40. The predicted molar refractivity (Wildman–Crippen MR) is 52.3 cm³/mol. The van der Waals surface area contributed by atoms with E-state index in [1.807, 2.05) is 0 Å². The van der Waals surface area contributed by atoms with Crippen molar-refractivity contribution in [3.63, 3.8) is 0 Å². The van der Waals surface area contributed by atoms with E-state index in [2.05, 4.69) is 18.7 Å². The molecule has 2 heterocycles. The Bertz CT molecular complexity index is 149. The monoisotopic (exact) mass is 167 g/mol. The number of nitrogens with zero attached hydrogens (tertiary/aromatic N) is 1. The zero-order valence-corrected chi connectivity index (χ0v) is 8.42. The van der Waals surface area contributed by atoms with Crippen molar-refractivity contribution in [2.45, 2.75) is 70.5 Å². The molecule has 0 unspecified atom stereocenters. The molecule has 70 valence electrons. The average molecular weight is 167 g/mol. The lowest BCUT2D eigenvalue weighted by molar-refractivity contribution is 0.0906. The Labute approximate surface area is 76.1 Å². The lowest BCUT2D eigenvalue weighted by Crippen LogP contribution is -2.45. The van der Waals surface area contributed by atoms with Crippen LogP contribution in [0.25, 0.3) is 0 Å². The van der Waals surface area contributed by atoms with Crippen molar-refractivity contribution in [2.24, 2.45) is 0 Å². The number of fused-ring (bicyclic) bond motifs is 1. The van der Waals surface area contributed by atoms with E-state index in [0.29, 0.717) is 0 Å². The lowest BCUT2D eigenvalue weighted by Gasteiger charge is -2.39. The van der Waals surface area contributed by atoms with Gasteiger partial charge in [0.15, 0.2) is 0 Å². The Morgan fingerprint density at radius 1 is 1.17 bits per heavy atom. The largest absolute Gasteiger partial charge is 0.295 e. The van der Waals surface area contributed by atoms with E-state index in [-0.39, 0.29) is 0 Å². The first-order chi connectivity index (χ1) is 5.83. The van der Waals surface area contributed by atoms with Gasteiger partial charge in [-0.1, -0.05) is 13.3 Å². The normalized spacial score (nSPS) is 43.0. The molecule has 0 amide bonds. The summed E-state index contributed by atoms with van der Waals surface area (Å²) < 4.78 is 0. The minimum atomic E-state index is 0.871. The number of piperidine rings is 1. The maximum absolute atomic E-state index is 2.81. The molecule has 2 saturated heterocycles. The molecule has 0 spiro atoms. The molecule has 2 rings (SSSR count). The smallest absolute Gasteiger partial charge is 0.0102 e. The van der Waals surface area contributed by atoms with E-state index in [0.717, 1.165) is 18.1 Å². The van der Waals surface area contributed by atoms with Crippen molar-refractivity contribution in [3.05, 3.63) is 0 Å². The maximum atomic E-state index is 2.81. The van der Waals surface area contributed by atoms with Crippen LogP contribution < -0.4 is 0 Å². The summed E-state index contributed by atoms with van der Waals surface area (Å²) in [5, 5.41) is 0. The van der Waals surface area contributed by atoms with Crippen molar-refractivity contribution in [3.8, 4) is 0 Å². The Morgan fingerprint density at radius 2 is 2.00 bits per heavy atom. The van der Waals surface area contributed by atoms with Gasteiger partial charge in [-0.15, -0.1) is 0 Å². The SMILES string of the molecule is CC[C@H]1CC[C@H]2CCC[C@@H](C)N21. The van der Waals surface area contributed by atoms with Gasteiger partial charge in [0.25, 0.3) is 0 Å². The molecule has 0 aliphatic carbocycles. The molecule has 0 N–H and O–H groups in total. The van der Waals surface area contributed by atoms with Crippen molar-refractivity contribution in [1.29, 1.82) is 0 Å². The van der Waals surface area contributed by atoms with Crippen LogP contribution in [0.15, 0.2) is 0 Å². The van der Waals surface area contributed by atoms with Gasteiger partial charge in [0.05, 0.1) is 0 Å². The molecule has 2 aliphatic rings. The summed E-state index contributed by atoms with van der Waals surface area (Å²) in [6, 6.07) is 2.75. The Hall–Kier alpha value is -0.0400. The third-order valence-electron chi connectivity index (χ3n) is 3.82. The first kappa shape index (κ1) is 8.55. The Morgan fingerprint density at radius 3 is 2.75 bits per heavy atom. The van der Waals surface area contributed by atoms with Crippen LogP contribution in [0.5, 0.6) is 0 Å². The fourth-order valence-corrected chi connectivity index (χ4v) is 3.21. The highest BCUT2D eigenvalue weighted by Crippen LogP contribution is 2.35. The van der Waals surface area contributed by atoms with Gasteiger partial charge in [-0.2, -0.15) is 0 Å². The zero-order chi connectivity index (χ0) is 8.55. The van der Waals surface area contributed by atoms with Crippen LogP contribution in [0, 0.1) is 0 Å². The van der Waals surface area contributed by atoms with Crippen LogP contribution in [0.1, 0.15) is 52.4 Å². The van der Waals surface area contributed by atoms with E-state index in [1.54, 1.807) is 0 Å². The highest BCUT2D eigenvalue weighted by Gasteiger charge is 2.37. The minimum Gasteiger partial charge on any atom is -0.295 e. The fraction of sp³-hybridized carbons (Fsp3) is 1.00. The topological polar surface area (TPSA) is 3.24 Å². The van der Waals surface area contributed by atoms with Crippen molar-refractivity contribution < 1.29 is 0 Å². The molecule has 12 heavy (non-hydrogen) atoms. The summed E-state index contributed by atoms with van der Waals surface area (Å²) in [5.74, 6) is 0. The third-order valence-corrected chi connectivity index (χ3v) is 3.82. The second kappa shape index (κ2) is 3.37. The van der Waals surface area contributed by atoms with Crippen LogP contribution >= 0.6 is 0 Å². The number of rotatable bonds is 1. The molecule has 0 aromatic heterocycles. The van der Waals surface area contributed by atoms with E-state index >= 15 is 0 Å². The van der Waals surface area contributed by atoms with Gasteiger partial charge < -0.3 is 0 Å². The van der Waals surface area contributed by atoms with E-state index in [4.69, 9.17) is 0 Å². The van der Waals surface area contributed by atoms with E-state index in [9.17, 15) is 0 Å². The van der Waals surface area contributed by atoms with Crippen LogP contribution in [0.2, 0.25) is 0 Å². The first-order valence-electron chi connectivity index (χ1n) is 5.60. The molecule has 2 fully saturated rings. The molecular formula is C11H21N.